The zero-order valence-corrected chi connectivity index (χ0v) is 18.3. The Hall–Kier alpha value is -2.96. The average molecular weight is 474 g/mol. The minimum Gasteiger partial charge on any atom is -0.356 e. The maximum atomic E-state index is 12.8. The number of hydrogen-bond acceptors (Lipinski definition) is 3. The minimum atomic E-state index is -0.911. The highest BCUT2D eigenvalue weighted by Gasteiger charge is 2.60. The van der Waals surface area contributed by atoms with Gasteiger partial charge in [0.25, 0.3) is 6.04 Å². The Morgan fingerprint density at radius 1 is 1.03 bits per heavy atom. The Bertz CT molecular complexity index is 1330. The summed E-state index contributed by atoms with van der Waals surface area (Å²) in [6.45, 7) is 1.45. The highest BCUT2D eigenvalue weighted by Crippen LogP contribution is 2.55. The van der Waals surface area contributed by atoms with Crippen LogP contribution >= 0.6 is 15.9 Å². The maximum Gasteiger partial charge on any atom is 0.266 e. The number of nitrogens with one attached hydrogen (secondary N) is 1. The molecule has 6 heteroatoms. The Balaban J connectivity index is 1.75. The van der Waals surface area contributed by atoms with E-state index in [4.69, 9.17) is 0 Å². The van der Waals surface area contributed by atoms with E-state index in [9.17, 15) is 10.1 Å². The van der Waals surface area contributed by atoms with Gasteiger partial charge in [0, 0.05) is 39.0 Å². The molecule has 3 aromatic carbocycles. The van der Waals surface area contributed by atoms with Gasteiger partial charge in [-0.2, -0.15) is 0 Å². The summed E-state index contributed by atoms with van der Waals surface area (Å²) in [6.07, 6.45) is 0.865. The molecule has 0 saturated heterocycles. The minimum absolute atomic E-state index is 0.0896. The lowest BCUT2D eigenvalue weighted by atomic mass is 9.69. The Kier molecular flexibility index (Phi) is 4.10. The number of aromatic amines is 1. The lowest BCUT2D eigenvalue weighted by Gasteiger charge is -2.51. The molecule has 0 unspecified atom stereocenters. The van der Waals surface area contributed by atoms with E-state index in [1.54, 1.807) is 0 Å². The quantitative estimate of drug-likeness (QED) is 0.306. The fourth-order valence-corrected chi connectivity index (χ4v) is 5.97. The first-order valence-corrected chi connectivity index (χ1v) is 11.2. The van der Waals surface area contributed by atoms with E-state index in [1.807, 2.05) is 60.7 Å². The monoisotopic (exact) mass is 473 g/mol. The molecule has 0 bridgehead atoms. The number of fused-ring (bicyclic) bond motifs is 6. The van der Waals surface area contributed by atoms with E-state index in [-0.39, 0.29) is 4.92 Å². The Morgan fingerprint density at radius 2 is 1.77 bits per heavy atom. The van der Waals surface area contributed by atoms with Gasteiger partial charge in [-0.25, -0.2) is 0 Å². The molecule has 2 atom stereocenters. The largest absolute Gasteiger partial charge is 0.356 e. The SMILES string of the molecule is O=[N+]([O-])[C@H]1c2ccccc2CN2CCc3c([nH]c4ccccc34)[C@@]12c1ccc(Br)cc1. The van der Waals surface area contributed by atoms with Crippen LogP contribution in [0.4, 0.5) is 0 Å². The highest BCUT2D eigenvalue weighted by atomic mass is 79.9. The molecule has 1 N–H and O–H groups in total. The molecule has 0 fully saturated rings. The van der Waals surface area contributed by atoms with Crippen LogP contribution in [0.15, 0.2) is 77.3 Å². The van der Waals surface area contributed by atoms with Crippen molar-refractivity contribution in [2.45, 2.75) is 24.5 Å². The van der Waals surface area contributed by atoms with Gasteiger partial charge in [-0.1, -0.05) is 70.5 Å². The average Bonchev–Trinajstić information content (AvgIpc) is 3.17. The number of aromatic nitrogens is 1. The molecule has 3 heterocycles. The number of H-pyrrole nitrogens is 1. The van der Waals surface area contributed by atoms with Crippen LogP contribution in [0.3, 0.4) is 0 Å². The summed E-state index contributed by atoms with van der Waals surface area (Å²) in [5.41, 5.74) is 5.07. The van der Waals surface area contributed by atoms with Crippen LogP contribution < -0.4 is 0 Å². The van der Waals surface area contributed by atoms with Gasteiger partial charge in [0.05, 0.1) is 5.69 Å². The molecule has 154 valence electrons. The molecular weight excluding hydrogens is 454 g/mol. The second-order valence-corrected chi connectivity index (χ2v) is 9.27. The molecule has 0 saturated carbocycles. The first-order chi connectivity index (χ1) is 15.1. The summed E-state index contributed by atoms with van der Waals surface area (Å²) in [5, 5.41) is 14.0. The van der Waals surface area contributed by atoms with Crippen LogP contribution in [0, 0.1) is 10.1 Å². The fraction of sp³-hybridized carbons (Fsp3) is 0.200. The van der Waals surface area contributed by atoms with E-state index < -0.39 is 11.6 Å². The third-order valence-electron chi connectivity index (χ3n) is 6.93. The van der Waals surface area contributed by atoms with Crippen molar-refractivity contribution in [2.24, 2.45) is 0 Å². The number of para-hydroxylation sites is 1. The maximum absolute atomic E-state index is 12.8. The molecule has 4 aromatic rings. The van der Waals surface area contributed by atoms with E-state index in [1.165, 1.54) is 5.56 Å². The van der Waals surface area contributed by atoms with Crippen molar-refractivity contribution in [1.82, 2.24) is 9.88 Å². The molecule has 0 radical (unpaired) electrons. The van der Waals surface area contributed by atoms with Gasteiger partial charge in [-0.05, 0) is 41.3 Å². The van der Waals surface area contributed by atoms with E-state index in [0.29, 0.717) is 6.54 Å². The van der Waals surface area contributed by atoms with Gasteiger partial charge >= 0.3 is 0 Å². The Morgan fingerprint density at radius 3 is 2.58 bits per heavy atom. The lowest BCUT2D eigenvalue weighted by Crippen LogP contribution is -2.58. The molecule has 2 aliphatic heterocycles. The second kappa shape index (κ2) is 6.77. The lowest BCUT2D eigenvalue weighted by molar-refractivity contribution is -0.549. The number of hydrogen-bond donors (Lipinski definition) is 1. The predicted octanol–water partition coefficient (Wildman–Crippen LogP) is 5.56. The number of benzene rings is 3. The Labute approximate surface area is 188 Å². The van der Waals surface area contributed by atoms with Crippen LogP contribution in [-0.4, -0.2) is 21.4 Å². The van der Waals surface area contributed by atoms with Gasteiger partial charge in [0.2, 0.25) is 0 Å². The summed E-state index contributed by atoms with van der Waals surface area (Å²) < 4.78 is 0.959. The van der Waals surface area contributed by atoms with Gasteiger partial charge in [0.1, 0.15) is 0 Å². The van der Waals surface area contributed by atoms with Crippen LogP contribution in [0.1, 0.15) is 34.0 Å². The van der Waals surface area contributed by atoms with Crippen molar-refractivity contribution >= 4 is 26.8 Å². The van der Waals surface area contributed by atoms with Gasteiger partial charge < -0.3 is 4.98 Å². The number of halogens is 1. The van der Waals surface area contributed by atoms with Crippen molar-refractivity contribution in [1.29, 1.82) is 0 Å². The van der Waals surface area contributed by atoms with Crippen LogP contribution in [0.2, 0.25) is 0 Å². The number of nitro groups is 1. The van der Waals surface area contributed by atoms with E-state index in [2.05, 4.69) is 37.9 Å². The predicted molar refractivity (Wildman–Crippen MR) is 124 cm³/mol. The number of nitrogens with zero attached hydrogens (tertiary/aromatic N) is 2. The van der Waals surface area contributed by atoms with E-state index in [0.717, 1.165) is 50.7 Å². The molecule has 5 nitrogen and oxygen atoms in total. The second-order valence-electron chi connectivity index (χ2n) is 8.36. The number of rotatable bonds is 2. The zero-order valence-electron chi connectivity index (χ0n) is 16.7. The smallest absolute Gasteiger partial charge is 0.266 e. The summed E-state index contributed by atoms with van der Waals surface area (Å²) in [7, 11) is 0. The van der Waals surface area contributed by atoms with Crippen LogP contribution in [0.25, 0.3) is 10.9 Å². The zero-order chi connectivity index (χ0) is 21.2. The first kappa shape index (κ1) is 18.8. The standard InChI is InChI=1S/C25H20BrN3O2/c26-18-11-9-17(10-12-18)25-23-21(20-7-3-4-8-22(20)27-23)13-14-28(25)15-16-5-1-2-6-19(16)24(25)29(30)31/h1-12,24,27H,13-15H2/t24-,25-/m0/s1. The van der Waals surface area contributed by atoms with Gasteiger partial charge in [0.15, 0.2) is 5.54 Å². The normalized spacial score (nSPS) is 22.5. The molecule has 0 amide bonds. The van der Waals surface area contributed by atoms with Gasteiger partial charge in [-0.15, -0.1) is 0 Å². The van der Waals surface area contributed by atoms with Crippen molar-refractivity contribution < 1.29 is 4.92 Å². The molecule has 0 aliphatic carbocycles. The third kappa shape index (κ3) is 2.52. The fourth-order valence-electron chi connectivity index (χ4n) is 5.71. The topological polar surface area (TPSA) is 62.2 Å². The van der Waals surface area contributed by atoms with Crippen LogP contribution in [0.5, 0.6) is 0 Å². The molecule has 6 rings (SSSR count). The van der Waals surface area contributed by atoms with Crippen molar-refractivity contribution in [3.63, 3.8) is 0 Å². The molecule has 2 aliphatic rings. The van der Waals surface area contributed by atoms with Crippen molar-refractivity contribution in [3.05, 3.63) is 115 Å². The van der Waals surface area contributed by atoms with Gasteiger partial charge in [-0.3, -0.25) is 15.0 Å². The third-order valence-corrected chi connectivity index (χ3v) is 7.46. The van der Waals surface area contributed by atoms with Crippen molar-refractivity contribution in [2.75, 3.05) is 6.54 Å². The summed E-state index contributed by atoms with van der Waals surface area (Å²) in [5.74, 6) is 0. The molecule has 1 aromatic heterocycles. The molecule has 31 heavy (non-hydrogen) atoms. The molecular formula is C25H20BrN3O2. The van der Waals surface area contributed by atoms with Crippen LogP contribution in [-0.2, 0) is 18.5 Å². The first-order valence-electron chi connectivity index (χ1n) is 10.4. The summed E-state index contributed by atoms with van der Waals surface area (Å²) in [6, 6.07) is 23.2. The summed E-state index contributed by atoms with van der Waals surface area (Å²) in [4.78, 5) is 18.6. The van der Waals surface area contributed by atoms with Crippen molar-refractivity contribution in [3.8, 4) is 0 Å². The summed E-state index contributed by atoms with van der Waals surface area (Å²) >= 11 is 3.53. The molecule has 0 spiro atoms. The highest BCUT2D eigenvalue weighted by molar-refractivity contribution is 9.10. The van der Waals surface area contributed by atoms with E-state index >= 15 is 0 Å².